The van der Waals surface area contributed by atoms with Crippen LogP contribution in [0.25, 0.3) is 11.5 Å². The van der Waals surface area contributed by atoms with Crippen molar-refractivity contribution in [3.63, 3.8) is 0 Å². The molecule has 0 aromatic rings. The summed E-state index contributed by atoms with van der Waals surface area (Å²) in [6.45, 7) is 3.44. The van der Waals surface area contributed by atoms with Gasteiger partial charge in [-0.1, -0.05) is 0 Å². The minimum absolute atomic E-state index is 0. The summed E-state index contributed by atoms with van der Waals surface area (Å²) < 4.78 is 9.00. The average molecular weight is 468 g/mol. The van der Waals surface area contributed by atoms with Crippen LogP contribution < -0.4 is 24.8 Å². The number of halogens is 2. The van der Waals surface area contributed by atoms with E-state index >= 15 is 0 Å². The Kier molecular flexibility index (Phi) is 21.6. The van der Waals surface area contributed by atoms with E-state index in [1.54, 1.807) is 13.8 Å². The van der Waals surface area contributed by atoms with E-state index in [4.69, 9.17) is 11.5 Å². The van der Waals surface area contributed by atoms with Crippen LogP contribution in [0, 0.1) is 0 Å². The number of hydrogen-bond donors (Lipinski definition) is 0. The zero-order chi connectivity index (χ0) is 11.1. The van der Waals surface area contributed by atoms with Crippen LogP contribution in [0.1, 0.15) is 13.8 Å². The minimum Gasteiger partial charge on any atom is -1.00 e. The van der Waals surface area contributed by atoms with Crippen molar-refractivity contribution in [1.82, 2.24) is 0 Å². The van der Waals surface area contributed by atoms with Gasteiger partial charge in [-0.15, -0.1) is 0 Å². The van der Waals surface area contributed by atoms with Gasteiger partial charge in [0.05, 0.1) is 13.2 Å². The molecule has 0 bridgehead atoms. The van der Waals surface area contributed by atoms with Gasteiger partial charge in [-0.25, -0.2) is 0 Å². The van der Waals surface area contributed by atoms with Crippen LogP contribution in [-0.2, 0) is 40.1 Å². The van der Waals surface area contributed by atoms with E-state index in [-0.39, 0.29) is 59.1 Å². The van der Waals surface area contributed by atoms with E-state index < -0.39 is 24.0 Å². The molecular weight excluding hydrogens is 454 g/mol. The van der Waals surface area contributed by atoms with Crippen LogP contribution in [0.5, 0.6) is 0 Å². The van der Waals surface area contributed by atoms with E-state index in [0.29, 0.717) is 0 Å². The number of carbonyl (C=O) groups is 2. The Balaban J connectivity index is -0.000000282. The van der Waals surface area contributed by atoms with Crippen molar-refractivity contribution in [2.45, 2.75) is 25.9 Å². The van der Waals surface area contributed by atoms with E-state index in [2.05, 4.69) is 9.47 Å². The molecule has 104 valence electrons. The Hall–Kier alpha value is 0.128. The van der Waals surface area contributed by atoms with Gasteiger partial charge in [-0.3, -0.25) is 9.59 Å². The second kappa shape index (κ2) is 14.2. The molecule has 0 amide bonds. The summed E-state index contributed by atoms with van der Waals surface area (Å²) in [7, 11) is 0. The SMILES string of the molecule is CCOC(=O)C([NH-])C([NH-])C(=O)OCC.[Cl-].[Cl-].[Pt+4]. The predicted octanol–water partition coefficient (Wildman–Crippen LogP) is -5.04. The molecule has 0 fully saturated rings. The van der Waals surface area contributed by atoms with E-state index in [1.807, 2.05) is 0 Å². The van der Waals surface area contributed by atoms with Crippen LogP contribution in [0.3, 0.4) is 0 Å². The summed E-state index contributed by atoms with van der Waals surface area (Å²) in [5.41, 5.74) is 14.5. The molecule has 0 aliphatic rings. The first-order chi connectivity index (χ1) is 6.54. The first-order valence-corrected chi connectivity index (χ1v) is 4.30. The first-order valence-electron chi connectivity index (χ1n) is 4.30. The van der Waals surface area contributed by atoms with Crippen LogP contribution in [0.4, 0.5) is 0 Å². The van der Waals surface area contributed by atoms with Gasteiger partial charge in [0.25, 0.3) is 11.9 Å². The third kappa shape index (κ3) is 9.80. The van der Waals surface area contributed by atoms with Gasteiger partial charge in [-0.2, -0.15) is 0 Å². The van der Waals surface area contributed by atoms with Crippen molar-refractivity contribution in [2.75, 3.05) is 13.2 Å². The third-order valence-electron chi connectivity index (χ3n) is 1.41. The number of carbonyl (C=O) groups excluding carboxylic acids is 2. The number of nitrogens with one attached hydrogen (secondary N) is 2. The standard InChI is InChI=1S/C8H14N2O4.2ClH.Pt/c1-3-13-7(11)5(9)6(10)8(12)14-4-2;;;/h5-6,9-10H,3-4H2,1-2H3;2*1H;/q-2;;;+4/p-2. The van der Waals surface area contributed by atoms with Crippen LogP contribution in [0.15, 0.2) is 0 Å². The molecule has 0 spiro atoms. The molecule has 0 aromatic carbocycles. The molecule has 0 radical (unpaired) electrons. The van der Waals surface area contributed by atoms with Gasteiger partial charge in [-0.05, 0) is 25.9 Å². The molecule has 2 atom stereocenters. The Morgan fingerprint density at radius 3 is 1.35 bits per heavy atom. The second-order valence-electron chi connectivity index (χ2n) is 2.46. The summed E-state index contributed by atoms with van der Waals surface area (Å²) in [6.07, 6.45) is 0. The smallest absolute Gasteiger partial charge is 1.00 e. The number of esters is 2. The number of rotatable bonds is 5. The van der Waals surface area contributed by atoms with Crippen LogP contribution in [0.2, 0.25) is 0 Å². The minimum atomic E-state index is -1.53. The van der Waals surface area contributed by atoms with Crippen molar-refractivity contribution < 1.29 is 64.9 Å². The molecule has 0 aliphatic heterocycles. The molecule has 0 aromatic heterocycles. The largest absolute Gasteiger partial charge is 4.00 e. The molecule has 0 saturated carbocycles. The summed E-state index contributed by atoms with van der Waals surface area (Å²) in [5.74, 6) is -1.75. The zero-order valence-corrected chi connectivity index (χ0v) is 13.1. The van der Waals surface area contributed by atoms with E-state index in [9.17, 15) is 9.59 Å². The van der Waals surface area contributed by atoms with Crippen LogP contribution >= 0.6 is 0 Å². The van der Waals surface area contributed by atoms with Crippen molar-refractivity contribution in [1.29, 1.82) is 0 Å². The number of ether oxygens (including phenoxy) is 2. The zero-order valence-electron chi connectivity index (χ0n) is 9.27. The molecule has 17 heavy (non-hydrogen) atoms. The molecule has 9 heteroatoms. The first kappa shape index (κ1) is 25.9. The predicted molar refractivity (Wildman–Crippen MR) is 49.5 cm³/mol. The number of hydrogen-bond acceptors (Lipinski definition) is 4. The second-order valence-corrected chi connectivity index (χ2v) is 2.46. The van der Waals surface area contributed by atoms with Gasteiger partial charge >= 0.3 is 21.1 Å². The molecule has 0 heterocycles. The Bertz CT molecular complexity index is 200. The van der Waals surface area contributed by atoms with Crippen molar-refractivity contribution in [3.8, 4) is 0 Å². The average Bonchev–Trinajstić information content (AvgIpc) is 2.16. The molecule has 0 aliphatic carbocycles. The van der Waals surface area contributed by atoms with Gasteiger partial charge in [0.2, 0.25) is 0 Å². The normalized spacial score (nSPS) is 11.8. The fourth-order valence-corrected chi connectivity index (χ4v) is 0.736. The maximum Gasteiger partial charge on any atom is 4.00 e. The van der Waals surface area contributed by atoms with E-state index in [1.165, 1.54) is 0 Å². The molecular formula is C8H14Cl2N2O4Pt. The molecule has 2 N–H and O–H groups in total. The van der Waals surface area contributed by atoms with Gasteiger partial charge < -0.3 is 45.8 Å². The van der Waals surface area contributed by atoms with Crippen molar-refractivity contribution in [3.05, 3.63) is 11.5 Å². The summed E-state index contributed by atoms with van der Waals surface area (Å²) in [5, 5.41) is 0. The Morgan fingerprint density at radius 2 is 1.18 bits per heavy atom. The summed E-state index contributed by atoms with van der Waals surface area (Å²) >= 11 is 0. The summed E-state index contributed by atoms with van der Waals surface area (Å²) in [6, 6.07) is -3.07. The van der Waals surface area contributed by atoms with Gasteiger partial charge in [0.1, 0.15) is 0 Å². The molecule has 0 rings (SSSR count). The van der Waals surface area contributed by atoms with Gasteiger partial charge in [0.15, 0.2) is 0 Å². The Labute approximate surface area is 127 Å². The summed E-state index contributed by atoms with van der Waals surface area (Å²) in [4.78, 5) is 21.9. The third-order valence-corrected chi connectivity index (χ3v) is 1.41. The van der Waals surface area contributed by atoms with Gasteiger partial charge in [0, 0.05) is 0 Å². The quantitative estimate of drug-likeness (QED) is 0.378. The molecule has 2 unspecified atom stereocenters. The molecule has 6 nitrogen and oxygen atoms in total. The monoisotopic (exact) mass is 467 g/mol. The van der Waals surface area contributed by atoms with Crippen molar-refractivity contribution in [2.24, 2.45) is 0 Å². The topological polar surface area (TPSA) is 100 Å². The Morgan fingerprint density at radius 1 is 0.941 bits per heavy atom. The fraction of sp³-hybridized carbons (Fsp3) is 0.750. The maximum atomic E-state index is 11.0. The molecule has 0 saturated heterocycles. The van der Waals surface area contributed by atoms with Crippen LogP contribution in [-0.4, -0.2) is 37.2 Å². The van der Waals surface area contributed by atoms with E-state index in [0.717, 1.165) is 0 Å². The maximum absolute atomic E-state index is 11.0. The van der Waals surface area contributed by atoms with Crippen molar-refractivity contribution >= 4 is 11.9 Å². The fourth-order valence-electron chi connectivity index (χ4n) is 0.736.